The molecule has 2 aliphatic heterocycles. The number of guanidine groups is 1. The van der Waals surface area contributed by atoms with Crippen molar-refractivity contribution in [1.29, 1.82) is 0 Å². The largest absolute Gasteiger partial charge is 0.377 e. The Morgan fingerprint density at radius 3 is 3.08 bits per heavy atom. The van der Waals surface area contributed by atoms with E-state index in [1.54, 1.807) is 0 Å². The van der Waals surface area contributed by atoms with Crippen LogP contribution in [0.15, 0.2) is 17.4 Å². The van der Waals surface area contributed by atoms with Crippen LogP contribution in [0.3, 0.4) is 0 Å². The average molecular weight is 365 g/mol. The van der Waals surface area contributed by atoms with Gasteiger partial charge in [-0.25, -0.2) is 0 Å². The summed E-state index contributed by atoms with van der Waals surface area (Å²) in [5.41, 5.74) is 1.10. The van der Waals surface area contributed by atoms with Crippen LogP contribution in [0, 0.1) is 0 Å². The molecule has 0 aromatic carbocycles. The minimum Gasteiger partial charge on any atom is -0.377 e. The van der Waals surface area contributed by atoms with Gasteiger partial charge in [0.05, 0.1) is 45.2 Å². The zero-order valence-corrected chi connectivity index (χ0v) is 15.9. The molecule has 26 heavy (non-hydrogen) atoms. The van der Waals surface area contributed by atoms with E-state index in [0.29, 0.717) is 26.4 Å². The predicted octanol–water partition coefficient (Wildman–Crippen LogP) is 0.955. The maximum atomic E-state index is 5.92. The summed E-state index contributed by atoms with van der Waals surface area (Å²) in [6, 6.07) is 0. The summed E-state index contributed by atoms with van der Waals surface area (Å²) >= 11 is 0. The van der Waals surface area contributed by atoms with Crippen LogP contribution in [0.2, 0.25) is 0 Å². The van der Waals surface area contributed by atoms with Crippen LogP contribution >= 0.6 is 0 Å². The van der Waals surface area contributed by atoms with Gasteiger partial charge in [0.2, 0.25) is 0 Å². The lowest BCUT2D eigenvalue weighted by atomic mass is 10.1. The van der Waals surface area contributed by atoms with E-state index in [9.17, 15) is 0 Å². The quantitative estimate of drug-likeness (QED) is 0.441. The zero-order valence-electron chi connectivity index (χ0n) is 15.9. The van der Waals surface area contributed by atoms with Gasteiger partial charge in [-0.15, -0.1) is 0 Å². The molecule has 8 heteroatoms. The lowest BCUT2D eigenvalue weighted by Gasteiger charge is -2.34. The molecule has 2 aliphatic rings. The van der Waals surface area contributed by atoms with Gasteiger partial charge in [0.25, 0.3) is 0 Å². The van der Waals surface area contributed by atoms with E-state index in [1.165, 1.54) is 0 Å². The monoisotopic (exact) mass is 365 g/mol. The predicted molar refractivity (Wildman–Crippen MR) is 99.2 cm³/mol. The van der Waals surface area contributed by atoms with Crippen molar-refractivity contribution in [2.24, 2.45) is 12.0 Å². The number of nitrogens with one attached hydrogen (secondary N) is 1. The molecule has 0 aliphatic carbocycles. The van der Waals surface area contributed by atoms with Gasteiger partial charge in [-0.1, -0.05) is 0 Å². The number of nitrogens with zero attached hydrogens (tertiary/aromatic N) is 4. The van der Waals surface area contributed by atoms with Crippen molar-refractivity contribution in [3.63, 3.8) is 0 Å². The first kappa shape index (κ1) is 19.1. The van der Waals surface area contributed by atoms with Crippen molar-refractivity contribution in [3.8, 4) is 0 Å². The molecule has 146 valence electrons. The summed E-state index contributed by atoms with van der Waals surface area (Å²) < 4.78 is 19.0. The van der Waals surface area contributed by atoms with Crippen molar-refractivity contribution in [2.75, 3.05) is 52.6 Å². The lowest BCUT2D eigenvalue weighted by Crippen LogP contribution is -2.48. The summed E-state index contributed by atoms with van der Waals surface area (Å²) in [6.45, 7) is 8.01. The average Bonchev–Trinajstić information content (AvgIpc) is 3.32. The molecule has 0 amide bonds. The Morgan fingerprint density at radius 1 is 1.42 bits per heavy atom. The maximum absolute atomic E-state index is 5.92. The summed E-state index contributed by atoms with van der Waals surface area (Å²) in [7, 11) is 1.92. The summed E-state index contributed by atoms with van der Waals surface area (Å²) in [6.07, 6.45) is 6.43. The van der Waals surface area contributed by atoms with Gasteiger partial charge in [-0.05, 0) is 19.8 Å². The zero-order chi connectivity index (χ0) is 18.2. The van der Waals surface area contributed by atoms with Gasteiger partial charge in [0, 0.05) is 38.5 Å². The van der Waals surface area contributed by atoms with Gasteiger partial charge >= 0.3 is 0 Å². The second kappa shape index (κ2) is 9.89. The summed E-state index contributed by atoms with van der Waals surface area (Å²) in [5, 5.41) is 7.63. The van der Waals surface area contributed by atoms with E-state index < -0.39 is 0 Å². The van der Waals surface area contributed by atoms with Gasteiger partial charge in [-0.3, -0.25) is 9.67 Å². The minimum absolute atomic E-state index is 0.0251. The van der Waals surface area contributed by atoms with E-state index in [-0.39, 0.29) is 12.2 Å². The number of aliphatic imine (C=N–C) groups is 1. The second-order valence-corrected chi connectivity index (χ2v) is 6.70. The molecular weight excluding hydrogens is 334 g/mol. The third-order valence-electron chi connectivity index (χ3n) is 4.62. The molecule has 0 radical (unpaired) electrons. The second-order valence-electron chi connectivity index (χ2n) is 6.70. The number of hydrogen-bond donors (Lipinski definition) is 1. The number of aromatic nitrogens is 2. The van der Waals surface area contributed by atoms with E-state index in [2.05, 4.69) is 22.2 Å². The van der Waals surface area contributed by atoms with Gasteiger partial charge in [-0.2, -0.15) is 5.10 Å². The van der Waals surface area contributed by atoms with Gasteiger partial charge < -0.3 is 24.4 Å². The molecule has 0 bridgehead atoms. The molecule has 1 N–H and O–H groups in total. The van der Waals surface area contributed by atoms with Crippen molar-refractivity contribution in [1.82, 2.24) is 20.0 Å². The Labute approximate surface area is 155 Å². The highest BCUT2D eigenvalue weighted by molar-refractivity contribution is 5.80. The first-order valence-electron chi connectivity index (χ1n) is 9.59. The van der Waals surface area contributed by atoms with Gasteiger partial charge in [0.15, 0.2) is 5.96 Å². The molecule has 0 spiro atoms. The van der Waals surface area contributed by atoms with Crippen LogP contribution < -0.4 is 5.32 Å². The van der Waals surface area contributed by atoms with Crippen molar-refractivity contribution < 1.29 is 14.2 Å². The standard InChI is InChI=1S/C18H31N5O3/c1-3-19-18(20-6-9-24-14-16-5-4-8-25-16)23-7-10-26-17(13-23)15-11-21-22(2)12-15/h11-12,16-17H,3-10,13-14H2,1-2H3,(H,19,20). The normalized spacial score (nSPS) is 24.2. The summed E-state index contributed by atoms with van der Waals surface area (Å²) in [4.78, 5) is 6.98. The van der Waals surface area contributed by atoms with E-state index in [4.69, 9.17) is 19.2 Å². The number of morpholine rings is 1. The smallest absolute Gasteiger partial charge is 0.194 e. The van der Waals surface area contributed by atoms with E-state index in [0.717, 1.165) is 50.6 Å². The summed E-state index contributed by atoms with van der Waals surface area (Å²) in [5.74, 6) is 0.922. The van der Waals surface area contributed by atoms with Crippen LogP contribution in [0.1, 0.15) is 31.4 Å². The molecule has 1 aromatic heterocycles. The molecular formula is C18H31N5O3. The highest BCUT2D eigenvalue weighted by atomic mass is 16.5. The maximum Gasteiger partial charge on any atom is 0.194 e. The highest BCUT2D eigenvalue weighted by Crippen LogP contribution is 2.21. The van der Waals surface area contributed by atoms with Gasteiger partial charge in [0.1, 0.15) is 6.10 Å². The third kappa shape index (κ3) is 5.43. The van der Waals surface area contributed by atoms with Crippen LogP contribution in [0.5, 0.6) is 0 Å². The van der Waals surface area contributed by atoms with Crippen LogP contribution in [0.4, 0.5) is 0 Å². The van der Waals surface area contributed by atoms with Crippen LogP contribution in [-0.2, 0) is 21.3 Å². The number of rotatable bonds is 7. The van der Waals surface area contributed by atoms with Crippen LogP contribution in [-0.4, -0.2) is 79.4 Å². The van der Waals surface area contributed by atoms with Crippen molar-refractivity contribution in [2.45, 2.75) is 32.0 Å². The molecule has 3 rings (SSSR count). The van der Waals surface area contributed by atoms with Crippen LogP contribution in [0.25, 0.3) is 0 Å². The van der Waals surface area contributed by atoms with Crippen molar-refractivity contribution >= 4 is 5.96 Å². The Bertz CT molecular complexity index is 571. The van der Waals surface area contributed by atoms with Crippen molar-refractivity contribution in [3.05, 3.63) is 18.0 Å². The minimum atomic E-state index is 0.0251. The topological polar surface area (TPSA) is 73.1 Å². The molecule has 2 unspecified atom stereocenters. The fraction of sp³-hybridized carbons (Fsp3) is 0.778. The Hall–Kier alpha value is -1.64. The first-order valence-corrected chi connectivity index (χ1v) is 9.59. The molecule has 2 atom stereocenters. The van der Waals surface area contributed by atoms with E-state index >= 15 is 0 Å². The Morgan fingerprint density at radius 2 is 2.35 bits per heavy atom. The molecule has 0 saturated carbocycles. The lowest BCUT2D eigenvalue weighted by molar-refractivity contribution is -0.00819. The number of hydrogen-bond acceptors (Lipinski definition) is 5. The molecule has 2 fully saturated rings. The molecule has 2 saturated heterocycles. The SMILES string of the molecule is CCNC(=NCCOCC1CCCO1)N1CCOC(c2cnn(C)c2)C1. The fourth-order valence-corrected chi connectivity index (χ4v) is 3.28. The number of aryl methyl sites for hydroxylation is 1. The fourth-order valence-electron chi connectivity index (χ4n) is 3.28. The molecule has 8 nitrogen and oxygen atoms in total. The highest BCUT2D eigenvalue weighted by Gasteiger charge is 2.25. The Kier molecular flexibility index (Phi) is 7.28. The molecule has 3 heterocycles. The third-order valence-corrected chi connectivity index (χ3v) is 4.62. The molecule has 1 aromatic rings. The first-order chi connectivity index (χ1) is 12.8. The Balaban J connectivity index is 1.48. The van der Waals surface area contributed by atoms with E-state index in [1.807, 2.05) is 24.1 Å². The number of ether oxygens (including phenoxy) is 3.